The van der Waals surface area contributed by atoms with Gasteiger partial charge in [0.05, 0.1) is 0 Å². The van der Waals surface area contributed by atoms with Gasteiger partial charge in [0.1, 0.15) is 0 Å². The number of thioether (sulfide) groups is 1. The number of rotatable bonds is 3. The zero-order valence-electron chi connectivity index (χ0n) is 6.21. The van der Waals surface area contributed by atoms with Crippen molar-refractivity contribution in [2.24, 2.45) is 0 Å². The van der Waals surface area contributed by atoms with Crippen molar-refractivity contribution in [1.29, 1.82) is 0 Å². The van der Waals surface area contributed by atoms with E-state index in [9.17, 15) is 13.2 Å². The summed E-state index contributed by atoms with van der Waals surface area (Å²) in [6.45, 7) is 0.400. The Bertz CT molecular complexity index is 217. The smallest absolute Gasteiger partial charge is 0.353 e. The van der Waals surface area contributed by atoms with Crippen LogP contribution in [-0.2, 0) is 6.54 Å². The number of hydrogen-bond donors (Lipinski definition) is 0. The maximum absolute atomic E-state index is 11.6. The van der Waals surface area contributed by atoms with Gasteiger partial charge in [0.25, 0.3) is 0 Å². The molecule has 0 saturated carbocycles. The third kappa shape index (κ3) is 3.71. The van der Waals surface area contributed by atoms with Crippen molar-refractivity contribution in [2.75, 3.05) is 5.75 Å². The third-order valence-electron chi connectivity index (χ3n) is 1.28. The monoisotopic (exact) mass is 195 g/mol. The summed E-state index contributed by atoms with van der Waals surface area (Å²) >= 11 is 0.0110. The summed E-state index contributed by atoms with van der Waals surface area (Å²) < 4.78 is 36.6. The van der Waals surface area contributed by atoms with E-state index < -0.39 is 5.51 Å². The van der Waals surface area contributed by atoms with Gasteiger partial charge in [0, 0.05) is 24.7 Å². The highest BCUT2D eigenvalue weighted by Crippen LogP contribution is 2.29. The van der Waals surface area contributed by atoms with Crippen LogP contribution >= 0.6 is 11.8 Å². The summed E-state index contributed by atoms with van der Waals surface area (Å²) in [4.78, 5) is 0. The second kappa shape index (κ2) is 3.89. The molecule has 1 nitrogen and oxygen atoms in total. The first-order valence-electron chi connectivity index (χ1n) is 3.39. The van der Waals surface area contributed by atoms with Crippen molar-refractivity contribution < 1.29 is 13.2 Å². The van der Waals surface area contributed by atoms with Gasteiger partial charge >= 0.3 is 5.51 Å². The fourth-order valence-corrected chi connectivity index (χ4v) is 1.32. The lowest BCUT2D eigenvalue weighted by molar-refractivity contribution is -0.0328. The van der Waals surface area contributed by atoms with E-state index in [4.69, 9.17) is 0 Å². The van der Waals surface area contributed by atoms with E-state index in [0.717, 1.165) is 0 Å². The van der Waals surface area contributed by atoms with E-state index in [2.05, 4.69) is 0 Å². The predicted molar refractivity (Wildman–Crippen MR) is 42.9 cm³/mol. The van der Waals surface area contributed by atoms with Crippen LogP contribution in [0.5, 0.6) is 0 Å². The quantitative estimate of drug-likeness (QED) is 0.717. The number of nitrogens with zero attached hydrogens (tertiary/aromatic N) is 1. The van der Waals surface area contributed by atoms with E-state index in [-0.39, 0.29) is 17.5 Å². The number of alkyl halides is 3. The molecule has 0 radical (unpaired) electrons. The Hall–Kier alpha value is -0.580. The molecule has 0 aliphatic heterocycles. The van der Waals surface area contributed by atoms with Crippen molar-refractivity contribution in [1.82, 2.24) is 4.57 Å². The molecule has 0 aliphatic carbocycles. The fourth-order valence-electron chi connectivity index (χ4n) is 0.786. The van der Waals surface area contributed by atoms with E-state index in [0.29, 0.717) is 6.54 Å². The number of halogens is 3. The highest BCUT2D eigenvalue weighted by molar-refractivity contribution is 8.00. The van der Waals surface area contributed by atoms with E-state index in [1.54, 1.807) is 29.1 Å². The maximum Gasteiger partial charge on any atom is 0.441 e. The summed E-state index contributed by atoms with van der Waals surface area (Å²) in [6.07, 6.45) is 3.49. The fraction of sp³-hybridized carbons (Fsp3) is 0.429. The summed E-state index contributed by atoms with van der Waals surface area (Å²) in [7, 11) is 0. The second-order valence-corrected chi connectivity index (χ2v) is 3.37. The average molecular weight is 195 g/mol. The molecule has 1 aromatic heterocycles. The van der Waals surface area contributed by atoms with Crippen molar-refractivity contribution in [3.05, 3.63) is 24.5 Å². The molecule has 0 spiro atoms. The van der Waals surface area contributed by atoms with E-state index in [1.807, 2.05) is 0 Å². The highest BCUT2D eigenvalue weighted by Gasteiger charge is 2.27. The van der Waals surface area contributed by atoms with Crippen LogP contribution < -0.4 is 0 Å². The van der Waals surface area contributed by atoms with Gasteiger partial charge in [-0.25, -0.2) is 0 Å². The lowest BCUT2D eigenvalue weighted by Crippen LogP contribution is -2.05. The molecule has 1 rings (SSSR count). The van der Waals surface area contributed by atoms with Crippen molar-refractivity contribution in [3.63, 3.8) is 0 Å². The Morgan fingerprint density at radius 1 is 1.17 bits per heavy atom. The zero-order valence-corrected chi connectivity index (χ0v) is 7.03. The van der Waals surface area contributed by atoms with Crippen LogP contribution in [-0.4, -0.2) is 15.8 Å². The van der Waals surface area contributed by atoms with Crippen LogP contribution in [0.3, 0.4) is 0 Å². The molecule has 0 aromatic carbocycles. The molecular weight excluding hydrogens is 187 g/mol. The molecule has 0 fully saturated rings. The lowest BCUT2D eigenvalue weighted by atomic mass is 10.7. The molecule has 0 amide bonds. The predicted octanol–water partition coefficient (Wildman–Crippen LogP) is 2.74. The van der Waals surface area contributed by atoms with Crippen molar-refractivity contribution in [3.8, 4) is 0 Å². The van der Waals surface area contributed by atoms with E-state index in [1.165, 1.54) is 0 Å². The van der Waals surface area contributed by atoms with Gasteiger partial charge in [-0.05, 0) is 23.9 Å². The minimum Gasteiger partial charge on any atom is -0.353 e. The topological polar surface area (TPSA) is 4.93 Å². The second-order valence-electron chi connectivity index (χ2n) is 2.22. The van der Waals surface area contributed by atoms with Gasteiger partial charge in [-0.1, -0.05) is 0 Å². The van der Waals surface area contributed by atoms with Crippen LogP contribution in [0.1, 0.15) is 0 Å². The van der Waals surface area contributed by atoms with Gasteiger partial charge in [0.2, 0.25) is 0 Å². The molecule has 0 aliphatic rings. The molecule has 68 valence electrons. The summed E-state index contributed by atoms with van der Waals surface area (Å²) in [6, 6.07) is 3.58. The summed E-state index contributed by atoms with van der Waals surface area (Å²) in [5.41, 5.74) is -4.10. The first-order valence-corrected chi connectivity index (χ1v) is 4.38. The Morgan fingerprint density at radius 2 is 1.75 bits per heavy atom. The molecule has 0 N–H and O–H groups in total. The Balaban J connectivity index is 2.20. The lowest BCUT2D eigenvalue weighted by Gasteiger charge is -2.05. The molecule has 1 aromatic rings. The SMILES string of the molecule is FC(F)(F)SCCn1cccc1. The number of hydrogen-bond acceptors (Lipinski definition) is 1. The Morgan fingerprint density at radius 3 is 2.25 bits per heavy atom. The van der Waals surface area contributed by atoms with Gasteiger partial charge in [-0.2, -0.15) is 13.2 Å². The van der Waals surface area contributed by atoms with Gasteiger partial charge in [-0.3, -0.25) is 0 Å². The van der Waals surface area contributed by atoms with Gasteiger partial charge in [-0.15, -0.1) is 0 Å². The minimum atomic E-state index is -4.10. The molecule has 12 heavy (non-hydrogen) atoms. The molecule has 1 heterocycles. The van der Waals surface area contributed by atoms with Crippen LogP contribution in [0.15, 0.2) is 24.5 Å². The van der Waals surface area contributed by atoms with Gasteiger partial charge < -0.3 is 4.57 Å². The molecule has 0 bridgehead atoms. The van der Waals surface area contributed by atoms with Crippen LogP contribution in [0.2, 0.25) is 0 Å². The molecular formula is C7H8F3NS. The first-order chi connectivity index (χ1) is 5.58. The first kappa shape index (κ1) is 9.51. The van der Waals surface area contributed by atoms with Crippen molar-refractivity contribution in [2.45, 2.75) is 12.1 Å². The average Bonchev–Trinajstić information content (AvgIpc) is 2.36. The standard InChI is InChI=1S/C7H8F3NS/c8-7(9,10)12-6-5-11-3-1-2-4-11/h1-4H,5-6H2. The largest absolute Gasteiger partial charge is 0.441 e. The highest BCUT2D eigenvalue weighted by atomic mass is 32.2. The van der Waals surface area contributed by atoms with Crippen LogP contribution in [0.4, 0.5) is 13.2 Å². The number of aromatic nitrogens is 1. The van der Waals surface area contributed by atoms with Crippen molar-refractivity contribution >= 4 is 11.8 Å². The number of aryl methyl sites for hydroxylation is 1. The molecule has 0 unspecified atom stereocenters. The molecule has 0 atom stereocenters. The van der Waals surface area contributed by atoms with Crippen LogP contribution in [0.25, 0.3) is 0 Å². The maximum atomic E-state index is 11.6. The third-order valence-corrected chi connectivity index (χ3v) is 2.00. The molecule has 5 heteroatoms. The normalized spacial score (nSPS) is 11.9. The summed E-state index contributed by atoms with van der Waals surface area (Å²) in [5.74, 6) is 0.0676. The Kier molecular flexibility index (Phi) is 3.08. The van der Waals surface area contributed by atoms with Gasteiger partial charge in [0.15, 0.2) is 0 Å². The molecule has 0 saturated heterocycles. The Labute approximate surface area is 72.6 Å². The zero-order chi connectivity index (χ0) is 9.03. The summed E-state index contributed by atoms with van der Waals surface area (Å²) in [5, 5.41) is 0. The minimum absolute atomic E-state index is 0.0110. The van der Waals surface area contributed by atoms with Crippen LogP contribution in [0, 0.1) is 0 Å². The van der Waals surface area contributed by atoms with E-state index >= 15 is 0 Å².